The average Bonchev–Trinajstić information content (AvgIpc) is 2.59. The summed E-state index contributed by atoms with van der Waals surface area (Å²) in [5, 5.41) is 37.5. The summed E-state index contributed by atoms with van der Waals surface area (Å²) in [6, 6.07) is 0. The van der Waals surface area contributed by atoms with Crippen molar-refractivity contribution in [1.82, 2.24) is 0 Å². The predicted octanol–water partition coefficient (Wildman–Crippen LogP) is 3.75. The van der Waals surface area contributed by atoms with Crippen molar-refractivity contribution in [3.8, 4) is 0 Å². The van der Waals surface area contributed by atoms with E-state index in [1.165, 1.54) is 95.5 Å². The maximum atomic E-state index is 8.11. The summed E-state index contributed by atoms with van der Waals surface area (Å²) in [5.41, 5.74) is 0. The number of unbranched alkanes of at least 4 members (excludes halogenated alkanes) is 10. The van der Waals surface area contributed by atoms with Gasteiger partial charge in [-0.1, -0.05) is 78.1 Å². The van der Waals surface area contributed by atoms with E-state index in [9.17, 15) is 0 Å². The van der Waals surface area contributed by atoms with Gasteiger partial charge in [-0.3, -0.25) is 0 Å². The van der Waals surface area contributed by atoms with Gasteiger partial charge in [0.15, 0.2) is 0 Å². The van der Waals surface area contributed by atoms with E-state index < -0.39 is 13.4 Å². The SMILES string of the molecule is CC(O)CO.CCCCCCCCSCCCCCCCC.OB(O)O. The van der Waals surface area contributed by atoms with E-state index in [1.54, 1.807) is 0 Å². The minimum Gasteiger partial charge on any atom is -0.402 e. The van der Waals surface area contributed by atoms with E-state index >= 15 is 0 Å². The normalized spacial score (nSPS) is 11.1. The first-order valence-corrected chi connectivity index (χ1v) is 11.5. The molecule has 0 fully saturated rings. The van der Waals surface area contributed by atoms with Crippen LogP contribution in [0.4, 0.5) is 0 Å². The third kappa shape index (κ3) is 49.6. The molecule has 26 heavy (non-hydrogen) atoms. The third-order valence-electron chi connectivity index (χ3n) is 3.55. The van der Waals surface area contributed by atoms with Gasteiger partial charge in [-0.05, 0) is 31.3 Å². The molecular formula is C19H45BO5S. The van der Waals surface area contributed by atoms with Gasteiger partial charge in [0.25, 0.3) is 0 Å². The zero-order valence-electron chi connectivity index (χ0n) is 17.4. The fraction of sp³-hybridized carbons (Fsp3) is 1.00. The molecule has 0 aliphatic carbocycles. The van der Waals surface area contributed by atoms with Gasteiger partial charge in [-0.2, -0.15) is 11.8 Å². The van der Waals surface area contributed by atoms with E-state index in [-0.39, 0.29) is 6.61 Å². The lowest BCUT2D eigenvalue weighted by Gasteiger charge is -2.02. The quantitative estimate of drug-likeness (QED) is 0.214. The minimum absolute atomic E-state index is 0.139. The molecule has 0 heterocycles. The molecule has 0 aromatic heterocycles. The zero-order chi connectivity index (χ0) is 20.5. The molecule has 160 valence electrons. The maximum Gasteiger partial charge on any atom is 0.631 e. The van der Waals surface area contributed by atoms with Crippen LogP contribution in [0.15, 0.2) is 0 Å². The molecule has 0 aliphatic heterocycles. The number of aliphatic hydroxyl groups excluding tert-OH is 2. The van der Waals surface area contributed by atoms with Crippen LogP contribution in [0.1, 0.15) is 97.8 Å². The van der Waals surface area contributed by atoms with E-state index in [1.807, 2.05) is 0 Å². The lowest BCUT2D eigenvalue weighted by atomic mass is 10.1. The molecule has 1 unspecified atom stereocenters. The van der Waals surface area contributed by atoms with Crippen molar-refractivity contribution >= 4 is 19.1 Å². The first-order valence-electron chi connectivity index (χ1n) is 10.3. The molecule has 0 aromatic carbocycles. The molecular weight excluding hydrogens is 351 g/mol. The summed E-state index contributed by atoms with van der Waals surface area (Å²) in [4.78, 5) is 0. The molecule has 0 rings (SSSR count). The molecule has 1 atom stereocenters. The first-order chi connectivity index (χ1) is 12.4. The summed E-state index contributed by atoms with van der Waals surface area (Å²) in [5.74, 6) is 2.81. The highest BCUT2D eigenvalue weighted by Crippen LogP contribution is 2.13. The van der Waals surface area contributed by atoms with Gasteiger partial charge in [0, 0.05) is 0 Å². The monoisotopic (exact) mass is 396 g/mol. The van der Waals surface area contributed by atoms with E-state index in [0.29, 0.717) is 0 Å². The van der Waals surface area contributed by atoms with Gasteiger partial charge >= 0.3 is 7.32 Å². The van der Waals surface area contributed by atoms with Crippen molar-refractivity contribution < 1.29 is 25.3 Å². The van der Waals surface area contributed by atoms with Gasteiger partial charge < -0.3 is 25.3 Å². The van der Waals surface area contributed by atoms with Crippen molar-refractivity contribution in [1.29, 1.82) is 0 Å². The average molecular weight is 396 g/mol. The summed E-state index contributed by atoms with van der Waals surface area (Å²) >= 11 is 2.18. The molecule has 0 radical (unpaired) electrons. The summed E-state index contributed by atoms with van der Waals surface area (Å²) < 4.78 is 0. The van der Waals surface area contributed by atoms with Crippen LogP contribution in [0, 0.1) is 0 Å². The Kier molecular flexibility index (Phi) is 35.6. The number of rotatable bonds is 15. The lowest BCUT2D eigenvalue weighted by molar-refractivity contribution is 0.110. The van der Waals surface area contributed by atoms with Gasteiger partial charge in [-0.25, -0.2) is 0 Å². The van der Waals surface area contributed by atoms with Crippen LogP contribution in [0.2, 0.25) is 0 Å². The van der Waals surface area contributed by atoms with Crippen LogP contribution in [0.3, 0.4) is 0 Å². The molecule has 0 amide bonds. The number of hydrogen-bond donors (Lipinski definition) is 5. The van der Waals surface area contributed by atoms with Crippen LogP contribution >= 0.6 is 11.8 Å². The topological polar surface area (TPSA) is 101 Å². The third-order valence-corrected chi connectivity index (χ3v) is 4.70. The van der Waals surface area contributed by atoms with Gasteiger partial charge in [0.05, 0.1) is 12.7 Å². The van der Waals surface area contributed by atoms with E-state index in [2.05, 4.69) is 25.6 Å². The molecule has 0 saturated carbocycles. The Balaban J connectivity index is -0.000000484. The Labute approximate surface area is 166 Å². The van der Waals surface area contributed by atoms with Crippen molar-refractivity contribution in [3.63, 3.8) is 0 Å². The first kappa shape index (κ1) is 30.9. The molecule has 0 aliphatic rings. The lowest BCUT2D eigenvalue weighted by Crippen LogP contribution is -2.07. The second-order valence-corrected chi connectivity index (χ2v) is 7.75. The smallest absolute Gasteiger partial charge is 0.402 e. The van der Waals surface area contributed by atoms with Crippen LogP contribution in [-0.2, 0) is 0 Å². The Morgan fingerprint density at radius 2 is 0.962 bits per heavy atom. The fourth-order valence-corrected chi connectivity index (χ4v) is 3.09. The highest BCUT2D eigenvalue weighted by molar-refractivity contribution is 7.99. The van der Waals surface area contributed by atoms with Gasteiger partial charge in [-0.15, -0.1) is 0 Å². The summed E-state index contributed by atoms with van der Waals surface area (Å²) in [6.07, 6.45) is 16.7. The summed E-state index contributed by atoms with van der Waals surface area (Å²) in [7, 11) is -2.17. The highest BCUT2D eigenvalue weighted by atomic mass is 32.2. The molecule has 7 heteroatoms. The predicted molar refractivity (Wildman–Crippen MR) is 115 cm³/mol. The maximum absolute atomic E-state index is 8.11. The Hall–Kier alpha value is 0.215. The number of hydrogen-bond acceptors (Lipinski definition) is 6. The Morgan fingerprint density at radius 1 is 0.692 bits per heavy atom. The van der Waals surface area contributed by atoms with Crippen LogP contribution in [-0.4, -0.2) is 56.8 Å². The fourth-order valence-electron chi connectivity index (χ4n) is 2.07. The van der Waals surface area contributed by atoms with E-state index in [0.717, 1.165) is 0 Å². The molecule has 0 spiro atoms. The summed E-state index contributed by atoms with van der Waals surface area (Å²) in [6.45, 7) is 5.97. The molecule has 0 saturated heterocycles. The minimum atomic E-state index is -2.17. The van der Waals surface area contributed by atoms with Crippen LogP contribution in [0.25, 0.3) is 0 Å². The number of aliphatic hydroxyl groups is 2. The second kappa shape index (κ2) is 30.0. The van der Waals surface area contributed by atoms with Crippen LogP contribution in [0.5, 0.6) is 0 Å². The molecule has 5 N–H and O–H groups in total. The number of thioether (sulfide) groups is 1. The van der Waals surface area contributed by atoms with Crippen molar-refractivity contribution in [2.24, 2.45) is 0 Å². The standard InChI is InChI=1S/C16H34S.C3H8O2.BH3O3/c1-3-5-7-9-11-13-15-17-16-14-12-10-8-6-4-2;1-3(5)2-4;2-1(3)4/h3-16H2,1-2H3;3-5H,2H2,1H3;2-4H. The van der Waals surface area contributed by atoms with Crippen LogP contribution < -0.4 is 0 Å². The van der Waals surface area contributed by atoms with Gasteiger partial charge in [0.2, 0.25) is 0 Å². The van der Waals surface area contributed by atoms with Crippen molar-refractivity contribution in [3.05, 3.63) is 0 Å². The Bertz CT molecular complexity index is 205. The largest absolute Gasteiger partial charge is 0.631 e. The highest BCUT2D eigenvalue weighted by Gasteiger charge is 1.93. The molecule has 0 aromatic rings. The second-order valence-electron chi connectivity index (χ2n) is 6.53. The van der Waals surface area contributed by atoms with Gasteiger partial charge in [0.1, 0.15) is 0 Å². The zero-order valence-corrected chi connectivity index (χ0v) is 18.2. The Morgan fingerprint density at radius 3 is 1.23 bits per heavy atom. The molecule has 0 bridgehead atoms. The van der Waals surface area contributed by atoms with Crippen molar-refractivity contribution in [2.45, 2.75) is 104 Å². The van der Waals surface area contributed by atoms with Crippen molar-refractivity contribution in [2.75, 3.05) is 18.1 Å². The van der Waals surface area contributed by atoms with E-state index in [4.69, 9.17) is 25.3 Å². The molecule has 5 nitrogen and oxygen atoms in total.